The number of rotatable bonds is 4. The van der Waals surface area contributed by atoms with Crippen molar-refractivity contribution < 1.29 is 17.9 Å². The molecule has 0 aliphatic carbocycles. The van der Waals surface area contributed by atoms with Gasteiger partial charge in [-0.25, -0.2) is 13.6 Å². The second-order valence-corrected chi connectivity index (χ2v) is 7.95. The highest BCUT2D eigenvalue weighted by Gasteiger charge is 2.32. The van der Waals surface area contributed by atoms with Crippen LogP contribution in [0.4, 0.5) is 0 Å². The zero-order valence-electron chi connectivity index (χ0n) is 11.7. The van der Waals surface area contributed by atoms with Gasteiger partial charge in [0.15, 0.2) is 0 Å². The van der Waals surface area contributed by atoms with Gasteiger partial charge in [0.2, 0.25) is 10.0 Å². The fraction of sp³-hybridized carbons (Fsp3) is 0.538. The maximum atomic E-state index is 11.3. The molecule has 0 bridgehead atoms. The summed E-state index contributed by atoms with van der Waals surface area (Å²) in [4.78, 5) is -0.222. The van der Waals surface area contributed by atoms with E-state index in [1.54, 1.807) is 0 Å². The quantitative estimate of drug-likeness (QED) is 0.902. The molecular weight excluding hydrogens is 337 g/mol. The summed E-state index contributed by atoms with van der Waals surface area (Å²) in [7, 11) is -3.92. The van der Waals surface area contributed by atoms with Crippen LogP contribution in [0.15, 0.2) is 17.0 Å². The van der Waals surface area contributed by atoms with Crippen LogP contribution in [0, 0.1) is 0 Å². The van der Waals surface area contributed by atoms with E-state index in [9.17, 15) is 8.42 Å². The van der Waals surface area contributed by atoms with E-state index >= 15 is 0 Å². The third-order valence-corrected chi connectivity index (χ3v) is 4.94. The smallest absolute Gasteiger partial charge is 0.239 e. The van der Waals surface area contributed by atoms with E-state index in [0.29, 0.717) is 12.4 Å². The maximum Gasteiger partial charge on any atom is 0.239 e. The molecule has 1 heterocycles. The van der Waals surface area contributed by atoms with Gasteiger partial charge >= 0.3 is 0 Å². The van der Waals surface area contributed by atoms with Crippen LogP contribution >= 0.6 is 23.2 Å². The van der Waals surface area contributed by atoms with Crippen molar-refractivity contribution in [1.82, 2.24) is 0 Å². The highest BCUT2D eigenvalue weighted by atomic mass is 35.5. The van der Waals surface area contributed by atoms with Crippen molar-refractivity contribution >= 4 is 33.2 Å². The van der Waals surface area contributed by atoms with E-state index < -0.39 is 10.0 Å². The maximum absolute atomic E-state index is 11.3. The van der Waals surface area contributed by atoms with Crippen LogP contribution in [0.5, 0.6) is 5.75 Å². The molecular formula is C13H17Cl2NO4S. The Kier molecular flexibility index (Phi) is 4.75. The Labute approximate surface area is 134 Å². The predicted molar refractivity (Wildman–Crippen MR) is 81.5 cm³/mol. The minimum atomic E-state index is -3.92. The number of nitrogens with two attached hydrogens (primary N) is 1. The average Bonchev–Trinajstić information content (AvgIpc) is 2.68. The molecule has 1 aromatic carbocycles. The SMILES string of the molecule is CC1(C)CCC(COc2cc(Cl)c(S(N)(=O)=O)cc2Cl)O1. The van der Waals surface area contributed by atoms with Gasteiger partial charge in [-0.15, -0.1) is 0 Å². The molecule has 1 atom stereocenters. The molecule has 0 radical (unpaired) electrons. The van der Waals surface area contributed by atoms with Crippen LogP contribution < -0.4 is 9.88 Å². The summed E-state index contributed by atoms with van der Waals surface area (Å²) in [6.07, 6.45) is 1.83. The molecule has 1 saturated heterocycles. The van der Waals surface area contributed by atoms with Crippen LogP contribution in [0.1, 0.15) is 26.7 Å². The molecule has 0 aromatic heterocycles. The molecule has 0 saturated carbocycles. The minimum absolute atomic E-state index is 0.0206. The summed E-state index contributed by atoms with van der Waals surface area (Å²) in [6.45, 7) is 4.38. The van der Waals surface area contributed by atoms with Crippen LogP contribution in [0.2, 0.25) is 10.0 Å². The molecule has 21 heavy (non-hydrogen) atoms. The van der Waals surface area contributed by atoms with E-state index in [0.717, 1.165) is 12.8 Å². The number of hydrogen-bond acceptors (Lipinski definition) is 4. The van der Waals surface area contributed by atoms with Crippen LogP contribution in [0.25, 0.3) is 0 Å². The van der Waals surface area contributed by atoms with Gasteiger partial charge in [-0.1, -0.05) is 23.2 Å². The van der Waals surface area contributed by atoms with E-state index in [-0.39, 0.29) is 26.6 Å². The first-order valence-electron chi connectivity index (χ1n) is 6.41. The molecule has 0 amide bonds. The molecule has 1 aliphatic rings. The topological polar surface area (TPSA) is 78.6 Å². The number of benzene rings is 1. The second kappa shape index (κ2) is 5.93. The van der Waals surface area contributed by atoms with Crippen molar-refractivity contribution in [3.05, 3.63) is 22.2 Å². The largest absolute Gasteiger partial charge is 0.489 e. The van der Waals surface area contributed by atoms with E-state index in [4.69, 9.17) is 37.8 Å². The standard InChI is InChI=1S/C13H17Cl2NO4S/c1-13(2)4-3-8(20-13)7-19-11-5-10(15)12(6-9(11)14)21(16,17)18/h5-6,8H,3-4,7H2,1-2H3,(H2,16,17,18). The molecule has 1 unspecified atom stereocenters. The molecule has 1 fully saturated rings. The Morgan fingerprint density at radius 2 is 2.05 bits per heavy atom. The number of halogens is 2. The molecule has 1 aliphatic heterocycles. The Morgan fingerprint density at radius 3 is 2.57 bits per heavy atom. The normalized spacial score (nSPS) is 21.5. The number of hydrogen-bond donors (Lipinski definition) is 1. The van der Waals surface area contributed by atoms with Gasteiger partial charge in [-0.2, -0.15) is 0 Å². The summed E-state index contributed by atoms with van der Waals surface area (Å²) in [5.41, 5.74) is -0.146. The first-order valence-corrected chi connectivity index (χ1v) is 8.71. The molecule has 8 heteroatoms. The zero-order chi connectivity index (χ0) is 15.8. The first kappa shape index (κ1) is 16.8. The van der Waals surface area contributed by atoms with Crippen molar-refractivity contribution in [3.8, 4) is 5.75 Å². The number of ether oxygens (including phenoxy) is 2. The van der Waals surface area contributed by atoms with Gasteiger partial charge in [-0.3, -0.25) is 0 Å². The summed E-state index contributed by atoms with van der Waals surface area (Å²) < 4.78 is 34.0. The molecule has 0 spiro atoms. The number of sulfonamides is 1. The van der Waals surface area contributed by atoms with E-state index in [1.807, 2.05) is 13.8 Å². The lowest BCUT2D eigenvalue weighted by atomic mass is 10.1. The summed E-state index contributed by atoms with van der Waals surface area (Å²) >= 11 is 11.9. The molecule has 2 rings (SSSR count). The minimum Gasteiger partial charge on any atom is -0.489 e. The first-order chi connectivity index (χ1) is 9.58. The lowest BCUT2D eigenvalue weighted by molar-refractivity contribution is -0.0326. The second-order valence-electron chi connectivity index (χ2n) is 5.61. The van der Waals surface area contributed by atoms with E-state index in [2.05, 4.69) is 0 Å². The predicted octanol–water partition coefficient (Wildman–Crippen LogP) is 2.98. The Hall–Kier alpha value is -0.530. The van der Waals surface area contributed by atoms with E-state index in [1.165, 1.54) is 12.1 Å². The van der Waals surface area contributed by atoms with Gasteiger partial charge in [0.05, 0.1) is 21.8 Å². The molecule has 1 aromatic rings. The highest BCUT2D eigenvalue weighted by molar-refractivity contribution is 7.89. The van der Waals surface area contributed by atoms with Gasteiger partial charge in [0.1, 0.15) is 17.3 Å². The average molecular weight is 354 g/mol. The fourth-order valence-corrected chi connectivity index (χ4v) is 3.59. The van der Waals surface area contributed by atoms with Gasteiger partial charge in [0, 0.05) is 6.07 Å². The van der Waals surface area contributed by atoms with Crippen molar-refractivity contribution in [3.63, 3.8) is 0 Å². The molecule has 2 N–H and O–H groups in total. The Bertz CT molecular complexity index is 646. The third kappa shape index (κ3) is 4.23. The molecule has 118 valence electrons. The van der Waals surface area contributed by atoms with Crippen LogP contribution in [-0.2, 0) is 14.8 Å². The van der Waals surface area contributed by atoms with Crippen LogP contribution in [0.3, 0.4) is 0 Å². The molecule has 5 nitrogen and oxygen atoms in total. The van der Waals surface area contributed by atoms with Gasteiger partial charge in [-0.05, 0) is 32.8 Å². The summed E-state index contributed by atoms with van der Waals surface area (Å²) in [6, 6.07) is 2.54. The summed E-state index contributed by atoms with van der Waals surface area (Å²) in [5, 5.41) is 5.16. The van der Waals surface area contributed by atoms with Crippen molar-refractivity contribution in [2.24, 2.45) is 5.14 Å². The van der Waals surface area contributed by atoms with Crippen LogP contribution in [-0.4, -0.2) is 26.7 Å². The lowest BCUT2D eigenvalue weighted by Gasteiger charge is -2.19. The fourth-order valence-electron chi connectivity index (χ4n) is 2.22. The van der Waals surface area contributed by atoms with Crippen molar-refractivity contribution in [1.29, 1.82) is 0 Å². The third-order valence-electron chi connectivity index (χ3n) is 3.27. The number of primary sulfonamides is 1. The van der Waals surface area contributed by atoms with Crippen molar-refractivity contribution in [2.45, 2.75) is 43.3 Å². The Balaban J connectivity index is 2.10. The monoisotopic (exact) mass is 353 g/mol. The zero-order valence-corrected chi connectivity index (χ0v) is 14.1. The van der Waals surface area contributed by atoms with Crippen molar-refractivity contribution in [2.75, 3.05) is 6.61 Å². The lowest BCUT2D eigenvalue weighted by Crippen LogP contribution is -2.24. The Morgan fingerprint density at radius 1 is 1.38 bits per heavy atom. The van der Waals surface area contributed by atoms with Gasteiger partial charge in [0.25, 0.3) is 0 Å². The highest BCUT2D eigenvalue weighted by Crippen LogP contribution is 2.34. The van der Waals surface area contributed by atoms with Gasteiger partial charge < -0.3 is 9.47 Å². The summed E-state index contributed by atoms with van der Waals surface area (Å²) in [5.74, 6) is 0.308.